The van der Waals surface area contributed by atoms with Crippen LogP contribution in [0.25, 0.3) is 11.5 Å². The zero-order valence-corrected chi connectivity index (χ0v) is 9.80. The molecule has 0 atom stereocenters. The van der Waals surface area contributed by atoms with Crippen molar-refractivity contribution in [2.45, 2.75) is 6.42 Å². The molecule has 2 heterocycles. The molecule has 17 heavy (non-hydrogen) atoms. The average molecular weight is 234 g/mol. The van der Waals surface area contributed by atoms with E-state index in [1.54, 1.807) is 25.6 Å². The van der Waals surface area contributed by atoms with Crippen LogP contribution in [0.2, 0.25) is 0 Å². The predicted octanol–water partition coefficient (Wildman–Crippen LogP) is 0.902. The second-order valence-corrected chi connectivity index (χ2v) is 3.45. The molecular formula is C11H14N4O2. The molecule has 0 aliphatic carbocycles. The molecule has 6 heteroatoms. The van der Waals surface area contributed by atoms with E-state index in [1.165, 1.54) is 0 Å². The molecule has 0 saturated carbocycles. The molecule has 6 nitrogen and oxygen atoms in total. The highest BCUT2D eigenvalue weighted by Crippen LogP contribution is 2.26. The molecule has 0 aromatic carbocycles. The topological polar surface area (TPSA) is 73.1 Å². The summed E-state index contributed by atoms with van der Waals surface area (Å²) in [5.41, 5.74) is 0.755. The lowest BCUT2D eigenvalue weighted by atomic mass is 10.2. The van der Waals surface area contributed by atoms with Crippen molar-refractivity contribution < 1.29 is 9.26 Å². The van der Waals surface area contributed by atoms with Crippen LogP contribution in [0.3, 0.4) is 0 Å². The number of likely N-dealkylation sites (N-methyl/N-ethyl adjacent to an activating group) is 1. The van der Waals surface area contributed by atoms with Gasteiger partial charge in [0.1, 0.15) is 5.75 Å². The summed E-state index contributed by atoms with van der Waals surface area (Å²) in [6.07, 6.45) is 4.01. The minimum Gasteiger partial charge on any atom is -0.494 e. The maximum absolute atomic E-state index is 5.19. The van der Waals surface area contributed by atoms with Gasteiger partial charge in [0.15, 0.2) is 5.82 Å². The fourth-order valence-corrected chi connectivity index (χ4v) is 1.42. The Kier molecular flexibility index (Phi) is 3.66. The van der Waals surface area contributed by atoms with Crippen LogP contribution in [0, 0.1) is 0 Å². The monoisotopic (exact) mass is 234 g/mol. The maximum Gasteiger partial charge on any atom is 0.261 e. The van der Waals surface area contributed by atoms with Gasteiger partial charge < -0.3 is 14.6 Å². The van der Waals surface area contributed by atoms with Gasteiger partial charge in [-0.25, -0.2) is 0 Å². The van der Waals surface area contributed by atoms with Gasteiger partial charge in [0.2, 0.25) is 0 Å². The first-order valence-electron chi connectivity index (χ1n) is 5.30. The average Bonchev–Trinajstić information content (AvgIpc) is 2.85. The lowest BCUT2D eigenvalue weighted by Crippen LogP contribution is -2.11. The van der Waals surface area contributed by atoms with E-state index in [4.69, 9.17) is 9.26 Å². The molecule has 90 valence electrons. The highest BCUT2D eigenvalue weighted by atomic mass is 16.5. The number of methoxy groups -OCH3 is 1. The smallest absolute Gasteiger partial charge is 0.261 e. The zero-order valence-electron chi connectivity index (χ0n) is 9.80. The van der Waals surface area contributed by atoms with E-state index in [9.17, 15) is 0 Å². The van der Waals surface area contributed by atoms with E-state index >= 15 is 0 Å². The second kappa shape index (κ2) is 5.40. The minimum absolute atomic E-state index is 0.454. The standard InChI is InChI=1S/C11H14N4O2/c1-12-5-4-10-14-11(17-15-10)8-3-6-13-7-9(8)16-2/h3,6-7,12H,4-5H2,1-2H3. The third-order valence-corrected chi connectivity index (χ3v) is 2.30. The summed E-state index contributed by atoms with van der Waals surface area (Å²) >= 11 is 0. The number of hydrogen-bond acceptors (Lipinski definition) is 6. The third kappa shape index (κ3) is 2.59. The quantitative estimate of drug-likeness (QED) is 0.828. The lowest BCUT2D eigenvalue weighted by molar-refractivity contribution is 0.401. The van der Waals surface area contributed by atoms with Gasteiger partial charge in [-0.2, -0.15) is 4.98 Å². The number of hydrogen-bond donors (Lipinski definition) is 1. The van der Waals surface area contributed by atoms with Crippen LogP contribution < -0.4 is 10.1 Å². The second-order valence-electron chi connectivity index (χ2n) is 3.45. The number of nitrogens with one attached hydrogen (secondary N) is 1. The van der Waals surface area contributed by atoms with Crippen molar-refractivity contribution in [1.82, 2.24) is 20.4 Å². The molecule has 2 rings (SSSR count). The third-order valence-electron chi connectivity index (χ3n) is 2.30. The van der Waals surface area contributed by atoms with Gasteiger partial charge in [0.25, 0.3) is 5.89 Å². The van der Waals surface area contributed by atoms with E-state index in [2.05, 4.69) is 20.4 Å². The first-order chi connectivity index (χ1) is 8.35. The Hall–Kier alpha value is -1.95. The molecule has 0 fully saturated rings. The summed E-state index contributed by atoms with van der Waals surface area (Å²) in [4.78, 5) is 8.27. The molecule has 2 aromatic rings. The van der Waals surface area contributed by atoms with E-state index in [-0.39, 0.29) is 0 Å². The Morgan fingerprint density at radius 3 is 3.12 bits per heavy atom. The number of nitrogens with zero attached hydrogens (tertiary/aromatic N) is 3. The number of rotatable bonds is 5. The molecule has 0 bridgehead atoms. The largest absolute Gasteiger partial charge is 0.494 e. The molecule has 0 aliphatic heterocycles. The van der Waals surface area contributed by atoms with Gasteiger partial charge in [-0.05, 0) is 13.1 Å². The molecule has 0 unspecified atom stereocenters. The van der Waals surface area contributed by atoms with Gasteiger partial charge in [-0.3, -0.25) is 4.98 Å². The lowest BCUT2D eigenvalue weighted by Gasteiger charge is -2.02. The number of ether oxygens (including phenoxy) is 1. The van der Waals surface area contributed by atoms with Crippen molar-refractivity contribution in [2.24, 2.45) is 0 Å². The molecule has 0 amide bonds. The van der Waals surface area contributed by atoms with Gasteiger partial charge in [0, 0.05) is 19.2 Å². The van der Waals surface area contributed by atoms with Crippen LogP contribution in [-0.2, 0) is 6.42 Å². The van der Waals surface area contributed by atoms with Crippen molar-refractivity contribution in [3.8, 4) is 17.2 Å². The summed E-state index contributed by atoms with van der Waals surface area (Å²) < 4.78 is 10.4. The van der Waals surface area contributed by atoms with Crippen LogP contribution >= 0.6 is 0 Å². The number of pyridine rings is 1. The molecule has 0 aliphatic rings. The Balaban J connectivity index is 2.24. The molecule has 0 radical (unpaired) electrons. The van der Waals surface area contributed by atoms with Crippen molar-refractivity contribution in [3.05, 3.63) is 24.3 Å². The summed E-state index contributed by atoms with van der Waals surface area (Å²) in [6, 6.07) is 1.79. The molecule has 1 N–H and O–H groups in total. The van der Waals surface area contributed by atoms with E-state index < -0.39 is 0 Å². The Morgan fingerprint density at radius 2 is 2.35 bits per heavy atom. The van der Waals surface area contributed by atoms with E-state index in [1.807, 2.05) is 7.05 Å². The summed E-state index contributed by atoms with van der Waals surface area (Å²) in [5, 5.41) is 6.93. The highest BCUT2D eigenvalue weighted by Gasteiger charge is 2.13. The van der Waals surface area contributed by atoms with Crippen LogP contribution in [-0.4, -0.2) is 35.8 Å². The Labute approximate surface area is 99.0 Å². The summed E-state index contributed by atoms with van der Waals surface area (Å²) in [6.45, 7) is 0.812. The fraction of sp³-hybridized carbons (Fsp3) is 0.364. The zero-order chi connectivity index (χ0) is 12.1. The minimum atomic E-state index is 0.454. The van der Waals surface area contributed by atoms with Gasteiger partial charge in [-0.1, -0.05) is 5.16 Å². The van der Waals surface area contributed by atoms with Crippen LogP contribution in [0.5, 0.6) is 5.75 Å². The van der Waals surface area contributed by atoms with Crippen molar-refractivity contribution in [3.63, 3.8) is 0 Å². The fourth-order valence-electron chi connectivity index (χ4n) is 1.42. The maximum atomic E-state index is 5.19. The first-order valence-corrected chi connectivity index (χ1v) is 5.30. The number of aromatic nitrogens is 3. The normalized spacial score (nSPS) is 10.5. The van der Waals surface area contributed by atoms with E-state index in [0.717, 1.165) is 18.5 Å². The highest BCUT2D eigenvalue weighted by molar-refractivity contribution is 5.61. The van der Waals surface area contributed by atoms with Crippen molar-refractivity contribution in [2.75, 3.05) is 20.7 Å². The molecule has 0 saturated heterocycles. The molecule has 2 aromatic heterocycles. The summed E-state index contributed by atoms with van der Waals surface area (Å²) in [5.74, 6) is 1.75. The van der Waals surface area contributed by atoms with Crippen LogP contribution in [0.1, 0.15) is 5.82 Å². The predicted molar refractivity (Wildman–Crippen MR) is 61.7 cm³/mol. The SMILES string of the molecule is CNCCc1noc(-c2ccncc2OC)n1. The van der Waals surface area contributed by atoms with Gasteiger partial charge in [0.05, 0.1) is 18.9 Å². The summed E-state index contributed by atoms with van der Waals surface area (Å²) in [7, 11) is 3.46. The van der Waals surface area contributed by atoms with Crippen LogP contribution in [0.4, 0.5) is 0 Å². The first kappa shape index (κ1) is 11.5. The van der Waals surface area contributed by atoms with Crippen molar-refractivity contribution in [1.29, 1.82) is 0 Å². The Bertz CT molecular complexity index is 484. The molecule has 0 spiro atoms. The van der Waals surface area contributed by atoms with Gasteiger partial charge in [-0.15, -0.1) is 0 Å². The Morgan fingerprint density at radius 1 is 1.47 bits per heavy atom. The van der Waals surface area contributed by atoms with Gasteiger partial charge >= 0.3 is 0 Å². The molecular weight excluding hydrogens is 220 g/mol. The van der Waals surface area contributed by atoms with E-state index in [0.29, 0.717) is 17.5 Å². The van der Waals surface area contributed by atoms with Crippen LogP contribution in [0.15, 0.2) is 23.0 Å². The van der Waals surface area contributed by atoms with Crippen molar-refractivity contribution >= 4 is 0 Å².